The average Bonchev–Trinajstić information content (AvgIpc) is 3.70. The molecule has 2 aliphatic carbocycles. The number of para-hydroxylation sites is 2. The largest absolute Gasteiger partial charge is 0.308 e. The van der Waals surface area contributed by atoms with Gasteiger partial charge in [-0.05, 0) is 110 Å². The Balaban J connectivity index is 0.953. The van der Waals surface area contributed by atoms with E-state index in [9.17, 15) is 0 Å². The zero-order valence-electron chi connectivity index (χ0n) is 30.0. The number of hydrogen-bond acceptors (Lipinski definition) is 0. The summed E-state index contributed by atoms with van der Waals surface area (Å²) in [7, 11) is 0. The minimum absolute atomic E-state index is 0.285. The predicted molar refractivity (Wildman–Crippen MR) is 226 cm³/mol. The van der Waals surface area contributed by atoms with Gasteiger partial charge in [0, 0.05) is 33.4 Å². The molecule has 1 heteroatoms. The molecule has 0 N–H and O–H groups in total. The van der Waals surface area contributed by atoms with Crippen LogP contribution in [-0.4, -0.2) is 4.40 Å². The predicted octanol–water partition coefficient (Wildman–Crippen LogP) is 13.6. The molecule has 12 rings (SSSR count). The van der Waals surface area contributed by atoms with Crippen molar-refractivity contribution in [1.82, 2.24) is 4.40 Å². The number of aryl methyl sites for hydroxylation is 1. The fraction of sp³-hybridized carbons (Fsp3) is 0.0943. The summed E-state index contributed by atoms with van der Waals surface area (Å²) < 4.78 is 2.51. The number of nitrogens with zero attached hydrogens (tertiary/aromatic N) is 1. The lowest BCUT2D eigenvalue weighted by atomic mass is 9.75. The lowest BCUT2D eigenvalue weighted by Crippen LogP contribution is -2.12. The van der Waals surface area contributed by atoms with Crippen LogP contribution in [0.15, 0.2) is 176 Å². The highest BCUT2D eigenvalue weighted by Crippen LogP contribution is 2.47. The molecule has 0 bridgehead atoms. The Morgan fingerprint density at radius 2 is 1.00 bits per heavy atom. The highest BCUT2D eigenvalue weighted by molar-refractivity contribution is 6.23. The molecule has 2 unspecified atom stereocenters. The van der Waals surface area contributed by atoms with Crippen molar-refractivity contribution in [3.63, 3.8) is 0 Å². The SMILES string of the molecule is c1ccc(C2CCc3ccc(-c4ccc5c(c4)-c4ccccc4C(c4ccc6c7cccc8c9ccccc9n(c6c4)c87)C5)cc3-c3ccccc32)cc1. The van der Waals surface area contributed by atoms with E-state index in [2.05, 4.69) is 180 Å². The highest BCUT2D eigenvalue weighted by Gasteiger charge is 2.28. The van der Waals surface area contributed by atoms with Gasteiger partial charge in [-0.25, -0.2) is 0 Å². The normalized spacial score (nSPS) is 16.3. The van der Waals surface area contributed by atoms with E-state index in [0.717, 1.165) is 19.3 Å². The van der Waals surface area contributed by atoms with Gasteiger partial charge >= 0.3 is 0 Å². The number of hydrogen-bond donors (Lipinski definition) is 0. The fourth-order valence-electron chi connectivity index (χ4n) is 10.3. The van der Waals surface area contributed by atoms with Gasteiger partial charge in [-0.2, -0.15) is 0 Å². The first-order valence-electron chi connectivity index (χ1n) is 19.4. The lowest BCUT2D eigenvalue weighted by Gasteiger charge is -2.29. The highest BCUT2D eigenvalue weighted by atomic mass is 14.9. The van der Waals surface area contributed by atoms with E-state index in [4.69, 9.17) is 0 Å². The molecule has 0 spiro atoms. The first-order valence-corrected chi connectivity index (χ1v) is 19.4. The maximum Gasteiger partial charge on any atom is 0.0620 e. The second kappa shape index (κ2) is 11.5. The summed E-state index contributed by atoms with van der Waals surface area (Å²) in [6.07, 6.45) is 3.18. The van der Waals surface area contributed by atoms with Crippen molar-refractivity contribution in [3.8, 4) is 33.4 Å². The van der Waals surface area contributed by atoms with Crippen LogP contribution in [0, 0.1) is 0 Å². The van der Waals surface area contributed by atoms with Crippen molar-refractivity contribution in [2.24, 2.45) is 0 Å². The monoisotopic (exact) mass is 687 g/mol. The van der Waals surface area contributed by atoms with Gasteiger partial charge in [0.15, 0.2) is 0 Å². The van der Waals surface area contributed by atoms with Crippen molar-refractivity contribution in [2.75, 3.05) is 0 Å². The standard InChI is InChI=1S/C53H37N/c1-2-11-33(12-3-1)39-27-25-34-21-22-35(29-48(34)41-14-5-4-13-40(39)41)36-23-24-37-31-50(43-16-7-6-15-42(43)49(37)30-36)38-26-28-45-47-19-10-18-46-44-17-8-9-20-51(44)54(53(46)47)52(45)32-38/h1-24,26,28-30,32,39,50H,25,27,31H2. The third-order valence-electron chi connectivity index (χ3n) is 12.8. The molecule has 1 nitrogen and oxygen atoms in total. The van der Waals surface area contributed by atoms with Crippen LogP contribution in [0.3, 0.4) is 0 Å². The van der Waals surface area contributed by atoms with E-state index in [0.29, 0.717) is 5.92 Å². The van der Waals surface area contributed by atoms with Crippen LogP contribution in [0.25, 0.3) is 71.5 Å². The van der Waals surface area contributed by atoms with Gasteiger partial charge in [0.25, 0.3) is 0 Å². The molecule has 0 aliphatic heterocycles. The summed E-state index contributed by atoms with van der Waals surface area (Å²) in [5.41, 5.74) is 20.5. The van der Waals surface area contributed by atoms with Crippen molar-refractivity contribution in [3.05, 3.63) is 209 Å². The number of benzene rings is 8. The maximum absolute atomic E-state index is 2.51. The third kappa shape index (κ3) is 4.33. The molecule has 10 aromatic rings. The summed E-state index contributed by atoms with van der Waals surface area (Å²) in [6, 6.07) is 66.6. The number of rotatable bonds is 3. The smallest absolute Gasteiger partial charge is 0.0620 e. The molecule has 0 fully saturated rings. The summed E-state index contributed by atoms with van der Waals surface area (Å²) in [4.78, 5) is 0. The zero-order chi connectivity index (χ0) is 35.3. The van der Waals surface area contributed by atoms with E-state index in [1.165, 1.54) is 105 Å². The van der Waals surface area contributed by atoms with E-state index >= 15 is 0 Å². The van der Waals surface area contributed by atoms with Gasteiger partial charge in [-0.15, -0.1) is 0 Å². The van der Waals surface area contributed by atoms with Crippen LogP contribution in [0.1, 0.15) is 51.6 Å². The minimum Gasteiger partial charge on any atom is -0.308 e. The Morgan fingerprint density at radius 1 is 0.389 bits per heavy atom. The van der Waals surface area contributed by atoms with Gasteiger partial charge in [-0.1, -0.05) is 152 Å². The molecule has 54 heavy (non-hydrogen) atoms. The average molecular weight is 688 g/mol. The fourth-order valence-corrected chi connectivity index (χ4v) is 10.3. The Morgan fingerprint density at radius 3 is 1.78 bits per heavy atom. The molecule has 0 saturated heterocycles. The Hall–Kier alpha value is -6.44. The van der Waals surface area contributed by atoms with Crippen molar-refractivity contribution in [1.29, 1.82) is 0 Å². The molecule has 0 amide bonds. The van der Waals surface area contributed by atoms with Crippen LogP contribution in [-0.2, 0) is 12.8 Å². The van der Waals surface area contributed by atoms with Crippen LogP contribution in [0.5, 0.6) is 0 Å². The number of fused-ring (bicyclic) bond motifs is 12. The summed E-state index contributed by atoms with van der Waals surface area (Å²) in [6.45, 7) is 0. The molecule has 2 heterocycles. The van der Waals surface area contributed by atoms with Crippen LogP contribution in [0.2, 0.25) is 0 Å². The van der Waals surface area contributed by atoms with E-state index < -0.39 is 0 Å². The Bertz CT molecular complexity index is 3090. The molecule has 8 aromatic carbocycles. The van der Waals surface area contributed by atoms with E-state index in [1.807, 2.05) is 0 Å². The summed E-state index contributed by atoms with van der Waals surface area (Å²) >= 11 is 0. The van der Waals surface area contributed by atoms with Gasteiger partial charge < -0.3 is 4.40 Å². The van der Waals surface area contributed by atoms with Gasteiger partial charge in [0.05, 0.1) is 16.6 Å². The van der Waals surface area contributed by atoms with Gasteiger partial charge in [-0.3, -0.25) is 0 Å². The van der Waals surface area contributed by atoms with Crippen molar-refractivity contribution < 1.29 is 0 Å². The second-order valence-electron chi connectivity index (χ2n) is 15.5. The van der Waals surface area contributed by atoms with Crippen molar-refractivity contribution in [2.45, 2.75) is 31.1 Å². The topological polar surface area (TPSA) is 4.41 Å². The zero-order valence-corrected chi connectivity index (χ0v) is 30.0. The quantitative estimate of drug-likeness (QED) is 0.174. The lowest BCUT2D eigenvalue weighted by molar-refractivity contribution is 0.726. The number of aromatic nitrogens is 1. The second-order valence-corrected chi connectivity index (χ2v) is 15.5. The summed E-state index contributed by atoms with van der Waals surface area (Å²) in [5.74, 6) is 0.684. The first-order chi connectivity index (χ1) is 26.8. The molecule has 2 aromatic heterocycles. The first kappa shape index (κ1) is 30.1. The Kier molecular flexibility index (Phi) is 6.42. The third-order valence-corrected chi connectivity index (χ3v) is 12.8. The Labute approximate surface area is 315 Å². The van der Waals surface area contributed by atoms with Crippen LogP contribution in [0.4, 0.5) is 0 Å². The molecule has 2 aliphatic rings. The molecular weight excluding hydrogens is 651 g/mol. The van der Waals surface area contributed by atoms with Crippen LogP contribution < -0.4 is 0 Å². The maximum atomic E-state index is 2.51. The molecule has 254 valence electrons. The molecule has 0 radical (unpaired) electrons. The molecule has 0 saturated carbocycles. The van der Waals surface area contributed by atoms with Gasteiger partial charge in [0.1, 0.15) is 0 Å². The minimum atomic E-state index is 0.285. The van der Waals surface area contributed by atoms with E-state index in [-0.39, 0.29) is 5.92 Å². The van der Waals surface area contributed by atoms with Crippen molar-refractivity contribution >= 4 is 38.1 Å². The summed E-state index contributed by atoms with van der Waals surface area (Å²) in [5, 5.41) is 5.33. The van der Waals surface area contributed by atoms with Crippen LogP contribution >= 0.6 is 0 Å². The van der Waals surface area contributed by atoms with Gasteiger partial charge in [0.2, 0.25) is 0 Å². The molecule has 2 atom stereocenters. The molecular formula is C53H37N. The van der Waals surface area contributed by atoms with E-state index in [1.54, 1.807) is 0 Å².